The fourth-order valence-electron chi connectivity index (χ4n) is 5.27. The molecule has 4 aliphatic rings. The Hall–Kier alpha value is -3.50. The standard InChI is InChI=1S/C26H30ClFN8O/c1-15-12-35(13-16(2)37-15)26-32-24(29-11-22-31-20-8-7-17(27)9-21(20)34(22)3)23-25(33-26)36(14-30-23)19-6-4-5-18(28)10-19/h4-10,14-16,22,25,29,31H,11-13H2,1-3H3,(H,32,33)/t15-,16+,22?,25?. The molecule has 0 amide bonds. The van der Waals surface area contributed by atoms with Gasteiger partial charge >= 0.3 is 0 Å². The van der Waals surface area contributed by atoms with Crippen molar-refractivity contribution in [2.24, 2.45) is 9.98 Å². The second kappa shape index (κ2) is 9.42. The highest BCUT2D eigenvalue weighted by molar-refractivity contribution is 6.31. The van der Waals surface area contributed by atoms with Crippen molar-refractivity contribution in [3.05, 3.63) is 64.8 Å². The van der Waals surface area contributed by atoms with Crippen molar-refractivity contribution in [1.82, 2.24) is 15.5 Å². The number of aliphatic imine (C=N–C) groups is 2. The highest BCUT2D eigenvalue weighted by Crippen LogP contribution is 2.35. The summed E-state index contributed by atoms with van der Waals surface area (Å²) in [6.07, 6.45) is 1.47. The summed E-state index contributed by atoms with van der Waals surface area (Å²) in [5.41, 5.74) is 3.55. The van der Waals surface area contributed by atoms with Gasteiger partial charge in [-0.3, -0.25) is 0 Å². The molecule has 0 spiro atoms. The number of benzene rings is 2. The summed E-state index contributed by atoms with van der Waals surface area (Å²) in [7, 11) is 2.04. The van der Waals surface area contributed by atoms with Gasteiger partial charge in [-0.05, 0) is 50.2 Å². The molecule has 0 aliphatic carbocycles. The van der Waals surface area contributed by atoms with Gasteiger partial charge in [-0.15, -0.1) is 0 Å². The molecule has 4 atom stereocenters. The second-order valence-corrected chi connectivity index (χ2v) is 10.3. The maximum absolute atomic E-state index is 14.1. The smallest absolute Gasteiger partial charge is 0.202 e. The van der Waals surface area contributed by atoms with Crippen LogP contribution in [0.4, 0.5) is 21.5 Å². The molecule has 0 radical (unpaired) electrons. The van der Waals surface area contributed by atoms with E-state index in [0.717, 1.165) is 41.9 Å². The molecule has 37 heavy (non-hydrogen) atoms. The minimum Gasteiger partial charge on any atom is -0.372 e. The summed E-state index contributed by atoms with van der Waals surface area (Å²) in [4.78, 5) is 16.0. The predicted molar refractivity (Wildman–Crippen MR) is 146 cm³/mol. The van der Waals surface area contributed by atoms with Crippen molar-refractivity contribution in [3.63, 3.8) is 0 Å². The SMILES string of the molecule is C[C@@H]1CN(C2=NC3C(=C(NCC4Nc5ccc(Cl)cc5N4C)N2)N=CN3c2cccc(F)c2)C[C@H](C)O1. The van der Waals surface area contributed by atoms with Gasteiger partial charge in [-0.1, -0.05) is 17.7 Å². The minimum atomic E-state index is -0.417. The van der Waals surface area contributed by atoms with Gasteiger partial charge in [0.05, 0.1) is 36.5 Å². The molecule has 0 aromatic heterocycles. The summed E-state index contributed by atoms with van der Waals surface area (Å²) in [5.74, 6) is 1.22. The van der Waals surface area contributed by atoms with E-state index in [1.807, 2.05) is 36.2 Å². The van der Waals surface area contributed by atoms with Crippen LogP contribution >= 0.6 is 11.6 Å². The molecule has 11 heteroatoms. The van der Waals surface area contributed by atoms with Crippen molar-refractivity contribution in [2.45, 2.75) is 38.4 Å². The first-order valence-electron chi connectivity index (χ1n) is 12.5. The summed E-state index contributed by atoms with van der Waals surface area (Å²) in [5, 5.41) is 11.3. The molecule has 1 saturated heterocycles. The lowest BCUT2D eigenvalue weighted by Gasteiger charge is -2.39. The molecule has 194 valence electrons. The molecule has 2 aromatic carbocycles. The lowest BCUT2D eigenvalue weighted by molar-refractivity contribution is -0.0489. The number of nitrogens with one attached hydrogen (secondary N) is 3. The Balaban J connectivity index is 1.27. The molecule has 2 unspecified atom stereocenters. The first-order valence-corrected chi connectivity index (χ1v) is 12.8. The number of likely N-dealkylation sites (N-methyl/N-ethyl adjacent to an activating group) is 1. The van der Waals surface area contributed by atoms with Gasteiger partial charge in [0.15, 0.2) is 6.17 Å². The molecule has 0 saturated carbocycles. The van der Waals surface area contributed by atoms with Gasteiger partial charge in [0, 0.05) is 30.8 Å². The van der Waals surface area contributed by atoms with Gasteiger partial charge in [0.2, 0.25) is 5.96 Å². The third-order valence-corrected chi connectivity index (χ3v) is 7.23. The number of nitrogens with zero attached hydrogens (tertiary/aromatic N) is 5. The van der Waals surface area contributed by atoms with E-state index in [1.54, 1.807) is 12.4 Å². The van der Waals surface area contributed by atoms with E-state index >= 15 is 0 Å². The van der Waals surface area contributed by atoms with E-state index in [9.17, 15) is 4.39 Å². The van der Waals surface area contributed by atoms with Gasteiger partial charge in [0.25, 0.3) is 0 Å². The van der Waals surface area contributed by atoms with E-state index in [2.05, 4.69) is 44.6 Å². The zero-order valence-corrected chi connectivity index (χ0v) is 21.7. The third-order valence-electron chi connectivity index (χ3n) is 6.99. The number of morpholine rings is 1. The molecule has 0 bridgehead atoms. The van der Waals surface area contributed by atoms with Crippen LogP contribution < -0.4 is 25.8 Å². The fourth-order valence-corrected chi connectivity index (χ4v) is 5.43. The van der Waals surface area contributed by atoms with Crippen LogP contribution in [-0.4, -0.2) is 68.4 Å². The van der Waals surface area contributed by atoms with E-state index in [4.69, 9.17) is 21.3 Å². The van der Waals surface area contributed by atoms with Crippen LogP contribution in [0.5, 0.6) is 0 Å². The zero-order chi connectivity index (χ0) is 25.7. The molecule has 4 aliphatic heterocycles. The van der Waals surface area contributed by atoms with Crippen LogP contribution in [0, 0.1) is 5.82 Å². The largest absolute Gasteiger partial charge is 0.372 e. The Morgan fingerprint density at radius 1 is 1.16 bits per heavy atom. The maximum atomic E-state index is 14.1. The minimum absolute atomic E-state index is 0.0114. The average Bonchev–Trinajstić information content (AvgIpc) is 3.43. The fraction of sp³-hybridized carbons (Fsp3) is 0.385. The monoisotopic (exact) mass is 524 g/mol. The Morgan fingerprint density at radius 3 is 2.76 bits per heavy atom. The molecule has 1 fully saturated rings. The maximum Gasteiger partial charge on any atom is 0.202 e. The summed E-state index contributed by atoms with van der Waals surface area (Å²) < 4.78 is 20.0. The summed E-state index contributed by atoms with van der Waals surface area (Å²) in [6, 6.07) is 12.3. The number of halogens is 2. The third kappa shape index (κ3) is 4.55. The van der Waals surface area contributed by atoms with Crippen molar-refractivity contribution in [3.8, 4) is 0 Å². The molecule has 3 N–H and O–H groups in total. The molecular formula is C26H30ClFN8O. The number of hydrogen-bond donors (Lipinski definition) is 3. The predicted octanol–water partition coefficient (Wildman–Crippen LogP) is 3.37. The van der Waals surface area contributed by atoms with Crippen molar-refractivity contribution in [1.29, 1.82) is 0 Å². The van der Waals surface area contributed by atoms with Crippen LogP contribution in [0.3, 0.4) is 0 Å². The number of anilines is 3. The number of hydrogen-bond acceptors (Lipinski definition) is 9. The van der Waals surface area contributed by atoms with E-state index in [1.165, 1.54) is 12.1 Å². The number of ether oxygens (including phenoxy) is 1. The Kier molecular flexibility index (Phi) is 6.08. The van der Waals surface area contributed by atoms with Crippen molar-refractivity contribution in [2.75, 3.05) is 41.8 Å². The normalized spacial score (nSPS) is 26.5. The van der Waals surface area contributed by atoms with Gasteiger partial charge in [0.1, 0.15) is 23.5 Å². The molecule has 4 heterocycles. The Bertz CT molecular complexity index is 1290. The average molecular weight is 525 g/mol. The Morgan fingerprint density at radius 2 is 1.97 bits per heavy atom. The molecule has 6 rings (SSSR count). The highest BCUT2D eigenvalue weighted by atomic mass is 35.5. The van der Waals surface area contributed by atoms with Crippen LogP contribution in [0.15, 0.2) is 64.0 Å². The summed E-state index contributed by atoms with van der Waals surface area (Å²) >= 11 is 6.22. The summed E-state index contributed by atoms with van der Waals surface area (Å²) in [6.45, 7) is 6.16. The Labute approximate surface area is 220 Å². The van der Waals surface area contributed by atoms with Crippen LogP contribution in [0.2, 0.25) is 5.02 Å². The molecule has 2 aromatic rings. The number of rotatable bonds is 4. The lowest BCUT2D eigenvalue weighted by Crippen LogP contribution is -2.56. The topological polar surface area (TPSA) is 79.8 Å². The van der Waals surface area contributed by atoms with Crippen LogP contribution in [0.25, 0.3) is 0 Å². The van der Waals surface area contributed by atoms with Gasteiger partial charge < -0.3 is 35.4 Å². The highest BCUT2D eigenvalue weighted by Gasteiger charge is 2.37. The van der Waals surface area contributed by atoms with Gasteiger partial charge in [-0.25, -0.2) is 14.4 Å². The molecule has 9 nitrogen and oxygen atoms in total. The van der Waals surface area contributed by atoms with E-state index in [-0.39, 0.29) is 24.2 Å². The quantitative estimate of drug-likeness (QED) is 0.566. The number of guanidine groups is 1. The zero-order valence-electron chi connectivity index (χ0n) is 20.9. The van der Waals surface area contributed by atoms with Crippen LogP contribution in [-0.2, 0) is 4.74 Å². The van der Waals surface area contributed by atoms with Gasteiger partial charge in [-0.2, -0.15) is 0 Å². The van der Waals surface area contributed by atoms with E-state index < -0.39 is 6.17 Å². The second-order valence-electron chi connectivity index (χ2n) is 9.82. The first-order chi connectivity index (χ1) is 17.9. The lowest BCUT2D eigenvalue weighted by atomic mass is 10.2. The number of fused-ring (bicyclic) bond motifs is 2. The van der Waals surface area contributed by atoms with E-state index in [0.29, 0.717) is 17.3 Å². The van der Waals surface area contributed by atoms with Crippen LogP contribution in [0.1, 0.15) is 13.8 Å². The van der Waals surface area contributed by atoms with Crippen molar-refractivity contribution >= 4 is 41.0 Å². The first kappa shape index (κ1) is 23.9. The molecular weight excluding hydrogens is 495 g/mol. The van der Waals surface area contributed by atoms with Crippen molar-refractivity contribution < 1.29 is 9.13 Å².